The normalized spacial score (nSPS) is 13.5. The fourth-order valence-corrected chi connectivity index (χ4v) is 2.26. The number of hydrogen-bond acceptors (Lipinski definition) is 3. The minimum atomic E-state index is -0.752. The van der Waals surface area contributed by atoms with Crippen molar-refractivity contribution in [3.63, 3.8) is 0 Å². The summed E-state index contributed by atoms with van der Waals surface area (Å²) in [6.45, 7) is 8.69. The van der Waals surface area contributed by atoms with Gasteiger partial charge < -0.3 is 15.8 Å². The minimum Gasteiger partial charge on any atom is -0.409 e. The molecule has 21 heavy (non-hydrogen) atoms. The monoisotopic (exact) mass is 291 g/mol. The van der Waals surface area contributed by atoms with E-state index in [1.807, 2.05) is 44.2 Å². The number of nitrogens with zero attached hydrogens (tertiary/aromatic N) is 2. The molecule has 0 fully saturated rings. The first-order valence-corrected chi connectivity index (χ1v) is 7.21. The number of hydrogen-bond donors (Lipinski definition) is 2. The van der Waals surface area contributed by atoms with Crippen LogP contribution in [0.15, 0.2) is 35.5 Å². The molecule has 1 rings (SSSR count). The molecule has 0 heterocycles. The van der Waals surface area contributed by atoms with Crippen molar-refractivity contribution in [1.82, 2.24) is 4.90 Å². The highest BCUT2D eigenvalue weighted by Crippen LogP contribution is 2.21. The molecule has 1 aromatic rings. The van der Waals surface area contributed by atoms with Crippen LogP contribution < -0.4 is 5.73 Å². The van der Waals surface area contributed by atoms with E-state index in [0.29, 0.717) is 12.5 Å². The first kappa shape index (κ1) is 17.0. The van der Waals surface area contributed by atoms with Crippen LogP contribution in [0.4, 0.5) is 0 Å². The number of rotatable bonds is 6. The third-order valence-electron chi connectivity index (χ3n) is 3.26. The van der Waals surface area contributed by atoms with Gasteiger partial charge in [0.05, 0.1) is 0 Å². The summed E-state index contributed by atoms with van der Waals surface area (Å²) in [5.74, 6) is -0.627. The summed E-state index contributed by atoms with van der Waals surface area (Å²) in [6, 6.07) is 9.22. The molecule has 5 nitrogen and oxygen atoms in total. The van der Waals surface area contributed by atoms with Gasteiger partial charge in [-0.2, -0.15) is 0 Å². The van der Waals surface area contributed by atoms with Crippen LogP contribution in [0, 0.1) is 5.92 Å². The maximum absolute atomic E-state index is 12.9. The molecule has 0 bridgehead atoms. The standard InChI is InChI=1S/C16H25N3O2/c1-11(2)10-19(12(3)4)16(20)14(15(17)18-21)13-8-6-5-7-9-13/h5-9,11-12,14,21H,10H2,1-4H3,(H2,17,18). The summed E-state index contributed by atoms with van der Waals surface area (Å²) >= 11 is 0. The van der Waals surface area contributed by atoms with E-state index < -0.39 is 5.92 Å². The van der Waals surface area contributed by atoms with Gasteiger partial charge in [-0.25, -0.2) is 0 Å². The van der Waals surface area contributed by atoms with Crippen molar-refractivity contribution < 1.29 is 10.0 Å². The zero-order chi connectivity index (χ0) is 16.0. The molecule has 0 radical (unpaired) electrons. The third-order valence-corrected chi connectivity index (χ3v) is 3.26. The Morgan fingerprint density at radius 3 is 2.24 bits per heavy atom. The van der Waals surface area contributed by atoms with Gasteiger partial charge in [0.25, 0.3) is 0 Å². The van der Waals surface area contributed by atoms with Crippen LogP contribution in [0.3, 0.4) is 0 Å². The van der Waals surface area contributed by atoms with E-state index in [-0.39, 0.29) is 17.8 Å². The fourth-order valence-electron chi connectivity index (χ4n) is 2.26. The lowest BCUT2D eigenvalue weighted by Crippen LogP contribution is -2.45. The second-order valence-electron chi connectivity index (χ2n) is 5.85. The molecule has 3 N–H and O–H groups in total. The van der Waals surface area contributed by atoms with Gasteiger partial charge in [0.1, 0.15) is 5.92 Å². The van der Waals surface area contributed by atoms with Crippen molar-refractivity contribution in [2.45, 2.75) is 39.7 Å². The van der Waals surface area contributed by atoms with Crippen molar-refractivity contribution in [3.8, 4) is 0 Å². The molecule has 5 heteroatoms. The Hall–Kier alpha value is -2.04. The highest BCUT2D eigenvalue weighted by molar-refractivity contribution is 6.07. The molecule has 0 spiro atoms. The first-order valence-electron chi connectivity index (χ1n) is 7.21. The van der Waals surface area contributed by atoms with Gasteiger partial charge in [0.15, 0.2) is 5.84 Å². The van der Waals surface area contributed by atoms with Gasteiger partial charge in [-0.15, -0.1) is 0 Å². The third kappa shape index (κ3) is 4.48. The summed E-state index contributed by atoms with van der Waals surface area (Å²) in [5.41, 5.74) is 6.50. The van der Waals surface area contributed by atoms with Gasteiger partial charge in [0, 0.05) is 12.6 Å². The molecular weight excluding hydrogens is 266 g/mol. The molecule has 0 saturated carbocycles. The van der Waals surface area contributed by atoms with Crippen molar-refractivity contribution in [2.75, 3.05) is 6.54 Å². The topological polar surface area (TPSA) is 78.9 Å². The number of carbonyl (C=O) groups excluding carboxylic acids is 1. The summed E-state index contributed by atoms with van der Waals surface area (Å²) in [4.78, 5) is 14.7. The molecule has 0 saturated heterocycles. The van der Waals surface area contributed by atoms with Crippen LogP contribution in [0.2, 0.25) is 0 Å². The predicted octanol–water partition coefficient (Wildman–Crippen LogP) is 2.41. The van der Waals surface area contributed by atoms with Crippen LogP contribution in [-0.4, -0.2) is 34.4 Å². The molecule has 0 aromatic heterocycles. The maximum atomic E-state index is 12.9. The quantitative estimate of drug-likeness (QED) is 0.365. The average Bonchev–Trinajstić information content (AvgIpc) is 2.45. The van der Waals surface area contributed by atoms with Gasteiger partial charge in [-0.3, -0.25) is 4.79 Å². The predicted molar refractivity (Wildman–Crippen MR) is 84.3 cm³/mol. The molecule has 1 amide bonds. The van der Waals surface area contributed by atoms with Crippen LogP contribution in [-0.2, 0) is 4.79 Å². The molecule has 0 aliphatic heterocycles. The first-order chi connectivity index (χ1) is 9.88. The molecule has 0 aliphatic rings. The average molecular weight is 291 g/mol. The second-order valence-corrected chi connectivity index (χ2v) is 5.85. The Kier molecular flexibility index (Phi) is 6.21. The van der Waals surface area contributed by atoms with E-state index in [4.69, 9.17) is 10.9 Å². The van der Waals surface area contributed by atoms with E-state index >= 15 is 0 Å². The zero-order valence-electron chi connectivity index (χ0n) is 13.2. The summed E-state index contributed by atoms with van der Waals surface area (Å²) < 4.78 is 0. The number of amidine groups is 1. The minimum absolute atomic E-state index is 0.0533. The van der Waals surface area contributed by atoms with Gasteiger partial charge in [-0.1, -0.05) is 49.3 Å². The Morgan fingerprint density at radius 2 is 1.81 bits per heavy atom. The van der Waals surface area contributed by atoms with Crippen LogP contribution in [0.1, 0.15) is 39.2 Å². The van der Waals surface area contributed by atoms with E-state index in [9.17, 15) is 4.79 Å². The van der Waals surface area contributed by atoms with Crippen molar-refractivity contribution >= 4 is 11.7 Å². The van der Waals surface area contributed by atoms with Gasteiger partial charge >= 0.3 is 0 Å². The Morgan fingerprint density at radius 1 is 1.24 bits per heavy atom. The highest BCUT2D eigenvalue weighted by atomic mass is 16.4. The summed E-state index contributed by atoms with van der Waals surface area (Å²) in [6.07, 6.45) is 0. The second kappa shape index (κ2) is 7.67. The summed E-state index contributed by atoms with van der Waals surface area (Å²) in [7, 11) is 0. The number of benzene rings is 1. The molecule has 1 unspecified atom stereocenters. The Balaban J connectivity index is 3.16. The lowest BCUT2D eigenvalue weighted by atomic mass is 9.95. The summed E-state index contributed by atoms with van der Waals surface area (Å²) in [5, 5.41) is 12.1. The number of nitrogens with two attached hydrogens (primary N) is 1. The highest BCUT2D eigenvalue weighted by Gasteiger charge is 2.31. The van der Waals surface area contributed by atoms with Crippen molar-refractivity contribution in [3.05, 3.63) is 35.9 Å². The van der Waals surface area contributed by atoms with Crippen LogP contribution >= 0.6 is 0 Å². The molecule has 116 valence electrons. The van der Waals surface area contributed by atoms with E-state index in [1.54, 1.807) is 4.90 Å². The maximum Gasteiger partial charge on any atom is 0.238 e. The van der Waals surface area contributed by atoms with E-state index in [2.05, 4.69) is 19.0 Å². The number of carbonyl (C=O) groups is 1. The molecule has 0 aliphatic carbocycles. The number of amides is 1. The smallest absolute Gasteiger partial charge is 0.238 e. The van der Waals surface area contributed by atoms with Crippen molar-refractivity contribution in [2.24, 2.45) is 16.8 Å². The SMILES string of the molecule is CC(C)CN(C(=O)C(C(N)=NO)c1ccccc1)C(C)C. The molecular formula is C16H25N3O2. The van der Waals surface area contributed by atoms with Crippen LogP contribution in [0.5, 0.6) is 0 Å². The van der Waals surface area contributed by atoms with Gasteiger partial charge in [0.2, 0.25) is 5.91 Å². The Bertz CT molecular complexity index is 484. The molecule has 1 aromatic carbocycles. The zero-order valence-corrected chi connectivity index (χ0v) is 13.2. The Labute approximate surface area is 126 Å². The van der Waals surface area contributed by atoms with Gasteiger partial charge in [-0.05, 0) is 25.3 Å². The van der Waals surface area contributed by atoms with Crippen LogP contribution in [0.25, 0.3) is 0 Å². The fraction of sp³-hybridized carbons (Fsp3) is 0.500. The van der Waals surface area contributed by atoms with E-state index in [0.717, 1.165) is 5.56 Å². The van der Waals surface area contributed by atoms with E-state index in [1.165, 1.54) is 0 Å². The largest absolute Gasteiger partial charge is 0.409 e. The lowest BCUT2D eigenvalue weighted by molar-refractivity contribution is -0.133. The number of oxime groups is 1. The van der Waals surface area contributed by atoms with Crippen molar-refractivity contribution in [1.29, 1.82) is 0 Å². The molecule has 1 atom stereocenters. The lowest BCUT2D eigenvalue weighted by Gasteiger charge is -2.31.